The van der Waals surface area contributed by atoms with Crippen molar-refractivity contribution in [3.05, 3.63) is 81.9 Å². The lowest BCUT2D eigenvalue weighted by molar-refractivity contribution is -0.150. The van der Waals surface area contributed by atoms with E-state index >= 15 is 0 Å². The Bertz CT molecular complexity index is 2310. The van der Waals surface area contributed by atoms with Gasteiger partial charge in [0.25, 0.3) is 11.5 Å². The summed E-state index contributed by atoms with van der Waals surface area (Å²) in [6.45, 7) is 0. The van der Waals surface area contributed by atoms with Gasteiger partial charge < -0.3 is 26.6 Å². The van der Waals surface area contributed by atoms with E-state index in [0.29, 0.717) is 21.3 Å². The number of H-pyrrole nitrogens is 1. The predicted octanol–water partition coefficient (Wildman–Crippen LogP) is -0.453. The number of carbonyl (C=O) groups excluding carboxylic acids is 3. The van der Waals surface area contributed by atoms with Crippen LogP contribution in [0.4, 0.5) is 22.1 Å². The standard InChI is InChI=1S/C29H28N12O9S3/c1-39-29(36-37-38-39)52-12-14-11-51-25-19(24(45)41(25)21(14)26(46)47)34-23(44)20(13-2-6-16(42)7-3-13)40(27(30)48)18-10-32-28(35-22(18)43)33-15-4-8-17(9-5-15)53(31,49)50/h2-10,19-20,25,42H,11-12H2,1H3,(H2,30,48)(H,34,44)(H,46,47)(H2,31,49,50)(H2,32,33,35,43)/t19?,20?,25-/m0/s1. The fourth-order valence-electron chi connectivity index (χ4n) is 5.47. The number of amides is 4. The number of tetrazole rings is 1. The van der Waals surface area contributed by atoms with Crippen LogP contribution in [0.1, 0.15) is 11.6 Å². The molecule has 0 saturated carbocycles. The molecule has 21 nitrogen and oxygen atoms in total. The molecule has 0 bridgehead atoms. The highest BCUT2D eigenvalue weighted by molar-refractivity contribution is 8.01. The van der Waals surface area contributed by atoms with E-state index in [1.165, 1.54) is 76.7 Å². The quantitative estimate of drug-likeness (QED) is 0.0706. The smallest absolute Gasteiger partial charge is 0.352 e. The Morgan fingerprint density at radius 3 is 2.43 bits per heavy atom. The molecule has 4 aromatic rings. The topological polar surface area (TPSA) is 315 Å². The SMILES string of the molecule is Cn1nnnc1SCC1=C(C(=O)O)N2C(=O)C(NC(=O)C(c3ccc(O)cc3)N(C(N)=O)c3cnc(Nc4ccc(S(N)(=O)=O)cc4)[nH]c3=O)[C@@H]2SC1. The fraction of sp³-hybridized carbons (Fsp3) is 0.207. The fourth-order valence-corrected chi connectivity index (χ4v) is 8.32. The summed E-state index contributed by atoms with van der Waals surface area (Å²) in [5, 5.41) is 41.2. The van der Waals surface area contributed by atoms with Gasteiger partial charge in [0.05, 0.1) is 11.1 Å². The van der Waals surface area contributed by atoms with Crippen LogP contribution >= 0.6 is 23.5 Å². The van der Waals surface area contributed by atoms with Crippen molar-refractivity contribution in [2.75, 3.05) is 21.7 Å². The molecule has 4 amide bonds. The summed E-state index contributed by atoms with van der Waals surface area (Å²) in [5.41, 5.74) is 4.96. The maximum atomic E-state index is 14.1. The number of carbonyl (C=O) groups is 4. The van der Waals surface area contributed by atoms with Crippen LogP contribution in [0.3, 0.4) is 0 Å². The summed E-state index contributed by atoms with van der Waals surface area (Å²) in [6, 6.07) is 6.13. The zero-order valence-electron chi connectivity index (χ0n) is 27.1. The number of nitrogens with zero attached hydrogens (tertiary/aromatic N) is 7. The number of aryl methyl sites for hydroxylation is 1. The number of nitrogens with two attached hydrogens (primary N) is 2. The number of anilines is 3. The Kier molecular flexibility index (Phi) is 10.1. The number of aromatic hydroxyl groups is 1. The van der Waals surface area contributed by atoms with Gasteiger partial charge in [-0.3, -0.25) is 29.2 Å². The largest absolute Gasteiger partial charge is 0.508 e. The van der Waals surface area contributed by atoms with Gasteiger partial charge in [0.2, 0.25) is 27.0 Å². The van der Waals surface area contributed by atoms with Crippen molar-refractivity contribution in [1.29, 1.82) is 0 Å². The molecule has 0 aliphatic carbocycles. The first-order valence-corrected chi connectivity index (χ1v) is 18.6. The average molecular weight is 785 g/mol. The first kappa shape index (κ1) is 36.8. The Morgan fingerprint density at radius 1 is 1.15 bits per heavy atom. The maximum Gasteiger partial charge on any atom is 0.352 e. The highest BCUT2D eigenvalue weighted by atomic mass is 32.2. The van der Waals surface area contributed by atoms with Gasteiger partial charge in [0.1, 0.15) is 34.6 Å². The molecule has 276 valence electrons. The second-order valence-electron chi connectivity index (χ2n) is 11.4. The van der Waals surface area contributed by atoms with Crippen molar-refractivity contribution >= 4 is 74.7 Å². The van der Waals surface area contributed by atoms with Crippen molar-refractivity contribution < 1.29 is 37.8 Å². The number of carboxylic acids is 1. The van der Waals surface area contributed by atoms with Crippen molar-refractivity contribution in [3.63, 3.8) is 0 Å². The highest BCUT2D eigenvalue weighted by Gasteiger charge is 2.55. The molecule has 9 N–H and O–H groups in total. The Balaban J connectivity index is 1.26. The van der Waals surface area contributed by atoms with E-state index in [0.717, 1.165) is 11.1 Å². The molecule has 2 aromatic carbocycles. The zero-order valence-corrected chi connectivity index (χ0v) is 29.6. The number of hydrogen-bond donors (Lipinski definition) is 7. The number of rotatable bonds is 12. The van der Waals surface area contributed by atoms with Gasteiger partial charge in [0, 0.05) is 24.2 Å². The van der Waals surface area contributed by atoms with Crippen molar-refractivity contribution in [3.8, 4) is 5.75 Å². The number of carboxylic acid groups (broad SMARTS) is 1. The molecule has 53 heavy (non-hydrogen) atoms. The van der Waals surface area contributed by atoms with Gasteiger partial charge in [-0.2, -0.15) is 0 Å². The van der Waals surface area contributed by atoms with Crippen LogP contribution in [-0.2, 0) is 31.5 Å². The third-order valence-corrected chi connectivity index (χ3v) is 11.3. The van der Waals surface area contributed by atoms with Crippen molar-refractivity contribution in [2.45, 2.75) is 27.5 Å². The number of β-lactam (4-membered cyclic amide) rings is 1. The molecule has 1 saturated heterocycles. The van der Waals surface area contributed by atoms with Gasteiger partial charge >= 0.3 is 12.0 Å². The van der Waals surface area contributed by atoms with E-state index in [4.69, 9.17) is 10.9 Å². The predicted molar refractivity (Wildman–Crippen MR) is 188 cm³/mol. The zero-order chi connectivity index (χ0) is 38.2. The Hall–Kier alpha value is -5.98. The molecule has 2 aliphatic heterocycles. The number of phenolic OH excluding ortho intramolecular Hbond substituents is 1. The lowest BCUT2D eigenvalue weighted by Crippen LogP contribution is -2.71. The lowest BCUT2D eigenvalue weighted by Gasteiger charge is -2.49. The van der Waals surface area contributed by atoms with Gasteiger partial charge in [-0.25, -0.2) is 32.8 Å². The van der Waals surface area contributed by atoms with Crippen LogP contribution in [0.15, 0.2) is 80.8 Å². The number of nitrogens with one attached hydrogen (secondary N) is 3. The van der Waals surface area contributed by atoms with E-state index in [1.807, 2.05) is 0 Å². The molecule has 4 heterocycles. The van der Waals surface area contributed by atoms with Crippen LogP contribution in [0.2, 0.25) is 0 Å². The van der Waals surface area contributed by atoms with Gasteiger partial charge in [-0.05, 0) is 58.0 Å². The maximum absolute atomic E-state index is 14.1. The number of aliphatic carboxylic acids is 1. The van der Waals surface area contributed by atoms with Crippen LogP contribution in [0.25, 0.3) is 0 Å². The number of hydrogen-bond acceptors (Lipinski definition) is 15. The average Bonchev–Trinajstić information content (AvgIpc) is 3.52. The number of aromatic nitrogens is 6. The molecule has 24 heteroatoms. The molecule has 0 spiro atoms. The third kappa shape index (κ3) is 7.50. The molecule has 1 fully saturated rings. The number of thioether (sulfide) groups is 2. The summed E-state index contributed by atoms with van der Waals surface area (Å²) in [6.07, 6.45) is 0.971. The lowest BCUT2D eigenvalue weighted by atomic mass is 10.00. The first-order valence-electron chi connectivity index (χ1n) is 15.1. The number of aromatic amines is 1. The summed E-state index contributed by atoms with van der Waals surface area (Å²) < 4.78 is 24.5. The van der Waals surface area contributed by atoms with Gasteiger partial charge in [-0.15, -0.1) is 16.9 Å². The summed E-state index contributed by atoms with van der Waals surface area (Å²) >= 11 is 2.40. The second kappa shape index (κ2) is 14.6. The second-order valence-corrected chi connectivity index (χ2v) is 15.0. The minimum atomic E-state index is -3.95. The number of phenols is 1. The van der Waals surface area contributed by atoms with E-state index in [9.17, 15) is 42.6 Å². The number of urea groups is 1. The first-order chi connectivity index (χ1) is 25.1. The highest BCUT2D eigenvalue weighted by Crippen LogP contribution is 2.42. The van der Waals surface area contributed by atoms with Crippen LogP contribution in [-0.4, -0.2) is 100 Å². The number of benzene rings is 2. The number of fused-ring (bicyclic) bond motifs is 1. The van der Waals surface area contributed by atoms with E-state index < -0.39 is 62.5 Å². The number of sulfonamides is 1. The van der Waals surface area contributed by atoms with Gasteiger partial charge in [-0.1, -0.05) is 23.9 Å². The van der Waals surface area contributed by atoms with Crippen molar-refractivity contribution in [2.24, 2.45) is 17.9 Å². The Labute approximate surface area is 306 Å². The normalized spacial score (nSPS) is 17.4. The van der Waals surface area contributed by atoms with E-state index in [-0.39, 0.29) is 39.4 Å². The minimum absolute atomic E-state index is 0.0827. The molecule has 3 atom stereocenters. The Morgan fingerprint density at radius 2 is 1.85 bits per heavy atom. The molecule has 6 rings (SSSR count). The number of primary amides is 1. The molecule has 0 radical (unpaired) electrons. The number of primary sulfonamides is 1. The monoisotopic (exact) mass is 784 g/mol. The summed E-state index contributed by atoms with van der Waals surface area (Å²) in [7, 11) is -2.32. The summed E-state index contributed by atoms with van der Waals surface area (Å²) in [5.74, 6) is -2.94. The molecular formula is C29H28N12O9S3. The minimum Gasteiger partial charge on any atom is -0.508 e. The molecule has 2 aliphatic rings. The summed E-state index contributed by atoms with van der Waals surface area (Å²) in [4.78, 5) is 74.4. The van der Waals surface area contributed by atoms with Crippen molar-refractivity contribution in [1.82, 2.24) is 40.4 Å². The van der Waals surface area contributed by atoms with Crippen LogP contribution in [0.5, 0.6) is 5.75 Å². The van der Waals surface area contributed by atoms with E-state index in [2.05, 4.69) is 36.1 Å². The molecule has 2 unspecified atom stereocenters. The third-order valence-electron chi connectivity index (χ3n) is 7.94. The molecule has 2 aromatic heterocycles. The van der Waals surface area contributed by atoms with Crippen LogP contribution < -0.4 is 32.0 Å². The van der Waals surface area contributed by atoms with Gasteiger partial charge in [0.15, 0.2) is 0 Å². The van der Waals surface area contributed by atoms with E-state index in [1.54, 1.807) is 7.05 Å². The van der Waals surface area contributed by atoms with Crippen LogP contribution in [0, 0.1) is 0 Å². The molecular weight excluding hydrogens is 757 g/mol.